The molecule has 2 rings (SSSR count). The molecule has 1 heteroatoms. The highest BCUT2D eigenvalue weighted by Gasteiger charge is 2.35. The fourth-order valence-electron chi connectivity index (χ4n) is 2.13. The van der Waals surface area contributed by atoms with Crippen molar-refractivity contribution in [2.45, 2.75) is 18.8 Å². The van der Waals surface area contributed by atoms with Gasteiger partial charge in [0.2, 0.25) is 0 Å². The smallest absolute Gasteiger partial charge is 0.166 e. The zero-order chi connectivity index (χ0) is 10.9. The first-order valence-corrected chi connectivity index (χ1v) is 5.11. The molecular weight excluding hydrogens is 184 g/mol. The van der Waals surface area contributed by atoms with Gasteiger partial charge < -0.3 is 0 Å². The van der Waals surface area contributed by atoms with Gasteiger partial charge in [-0.25, -0.2) is 0 Å². The molecule has 1 nitrogen and oxygen atoms in total. The van der Waals surface area contributed by atoms with Crippen LogP contribution in [0.4, 0.5) is 0 Å². The second-order valence-corrected chi connectivity index (χ2v) is 4.11. The third-order valence-electron chi connectivity index (χ3n) is 3.07. The molecule has 1 aliphatic carbocycles. The van der Waals surface area contributed by atoms with E-state index >= 15 is 0 Å². The van der Waals surface area contributed by atoms with Crippen LogP contribution in [-0.2, 0) is 10.2 Å². The summed E-state index contributed by atoms with van der Waals surface area (Å²) in [5.41, 5.74) is 1.83. The van der Waals surface area contributed by atoms with Crippen LogP contribution in [0.25, 0.3) is 6.08 Å². The molecule has 1 atom stereocenters. The number of allylic oxidation sites excluding steroid dienone is 2. The van der Waals surface area contributed by atoms with Crippen LogP contribution < -0.4 is 0 Å². The minimum Gasteiger partial charge on any atom is -0.294 e. The van der Waals surface area contributed by atoms with Crippen LogP contribution in [0.1, 0.15) is 24.5 Å². The van der Waals surface area contributed by atoms with Crippen molar-refractivity contribution in [2.24, 2.45) is 0 Å². The third-order valence-corrected chi connectivity index (χ3v) is 3.07. The minimum atomic E-state index is -0.424. The van der Waals surface area contributed by atoms with E-state index in [1.807, 2.05) is 43.3 Å². The van der Waals surface area contributed by atoms with Crippen molar-refractivity contribution in [2.75, 3.05) is 0 Å². The van der Waals surface area contributed by atoms with E-state index in [0.29, 0.717) is 6.42 Å². The highest BCUT2D eigenvalue weighted by atomic mass is 16.1. The van der Waals surface area contributed by atoms with E-state index in [1.54, 1.807) is 6.08 Å². The maximum absolute atomic E-state index is 11.9. The summed E-state index contributed by atoms with van der Waals surface area (Å²) in [5.74, 6) is 0.168. The molecular formula is C14H14O. The molecule has 0 saturated heterocycles. The number of fused-ring (bicyclic) bond motifs is 1. The lowest BCUT2D eigenvalue weighted by atomic mass is 9.71. The van der Waals surface area contributed by atoms with E-state index in [1.165, 1.54) is 0 Å². The van der Waals surface area contributed by atoms with Gasteiger partial charge in [0.05, 0.1) is 5.41 Å². The first-order chi connectivity index (χ1) is 7.18. The lowest BCUT2D eigenvalue weighted by Crippen LogP contribution is -2.33. The lowest BCUT2D eigenvalue weighted by Gasteiger charge is -2.30. The van der Waals surface area contributed by atoms with Gasteiger partial charge in [-0.2, -0.15) is 0 Å². The zero-order valence-corrected chi connectivity index (χ0v) is 8.86. The van der Waals surface area contributed by atoms with Gasteiger partial charge in [-0.15, -0.1) is 6.58 Å². The van der Waals surface area contributed by atoms with Gasteiger partial charge in [-0.05, 0) is 30.5 Å². The second-order valence-electron chi connectivity index (χ2n) is 4.11. The first kappa shape index (κ1) is 9.91. The Labute approximate surface area is 90.1 Å². The Morgan fingerprint density at radius 1 is 1.33 bits per heavy atom. The molecule has 0 N–H and O–H groups in total. The van der Waals surface area contributed by atoms with E-state index < -0.39 is 5.41 Å². The van der Waals surface area contributed by atoms with E-state index in [9.17, 15) is 4.79 Å². The molecule has 0 aromatic heterocycles. The molecule has 0 saturated carbocycles. The Morgan fingerprint density at radius 2 is 2.07 bits per heavy atom. The molecule has 0 radical (unpaired) electrons. The minimum absolute atomic E-state index is 0.168. The topological polar surface area (TPSA) is 17.1 Å². The molecule has 1 aliphatic rings. The van der Waals surface area contributed by atoms with Gasteiger partial charge in [0, 0.05) is 0 Å². The molecule has 0 aliphatic heterocycles. The van der Waals surface area contributed by atoms with E-state index in [4.69, 9.17) is 0 Å². The van der Waals surface area contributed by atoms with Crippen molar-refractivity contribution in [1.82, 2.24) is 0 Å². The summed E-state index contributed by atoms with van der Waals surface area (Å²) in [6.45, 7) is 5.72. The van der Waals surface area contributed by atoms with Crippen LogP contribution in [-0.4, -0.2) is 5.78 Å². The number of rotatable bonds is 2. The van der Waals surface area contributed by atoms with Gasteiger partial charge in [-0.3, -0.25) is 4.79 Å². The molecule has 0 bridgehead atoms. The quantitative estimate of drug-likeness (QED) is 0.667. The van der Waals surface area contributed by atoms with E-state index in [2.05, 4.69) is 6.58 Å². The highest BCUT2D eigenvalue weighted by Crippen LogP contribution is 2.35. The standard InChI is InChI=1S/C14H14O/c1-3-10-14(2)12-7-5-4-6-11(12)8-9-13(14)15/h3-9H,1,10H2,2H3. The summed E-state index contributed by atoms with van der Waals surface area (Å²) in [5, 5.41) is 0. The largest absolute Gasteiger partial charge is 0.294 e. The summed E-state index contributed by atoms with van der Waals surface area (Å²) >= 11 is 0. The van der Waals surface area contributed by atoms with E-state index in [-0.39, 0.29) is 5.78 Å². The third kappa shape index (κ3) is 1.44. The normalized spacial score (nSPS) is 23.7. The van der Waals surface area contributed by atoms with E-state index in [0.717, 1.165) is 11.1 Å². The number of benzene rings is 1. The summed E-state index contributed by atoms with van der Waals surface area (Å²) in [7, 11) is 0. The Morgan fingerprint density at radius 3 is 2.80 bits per heavy atom. The van der Waals surface area contributed by atoms with Gasteiger partial charge >= 0.3 is 0 Å². The van der Waals surface area contributed by atoms with Crippen molar-refractivity contribution < 1.29 is 4.79 Å². The number of carbonyl (C=O) groups excluding carboxylic acids is 1. The van der Waals surface area contributed by atoms with Gasteiger partial charge in [-0.1, -0.05) is 36.4 Å². The average Bonchev–Trinajstić information content (AvgIpc) is 2.25. The van der Waals surface area contributed by atoms with Crippen LogP contribution in [0.2, 0.25) is 0 Å². The van der Waals surface area contributed by atoms with Crippen LogP contribution in [0.5, 0.6) is 0 Å². The summed E-state index contributed by atoms with van der Waals surface area (Å²) in [4.78, 5) is 11.9. The maximum Gasteiger partial charge on any atom is 0.166 e. The molecule has 0 fully saturated rings. The first-order valence-electron chi connectivity index (χ1n) is 5.11. The SMILES string of the molecule is C=CCC1(C)C(=O)C=Cc2ccccc21. The van der Waals surface area contributed by atoms with Gasteiger partial charge in [0.25, 0.3) is 0 Å². The molecule has 0 spiro atoms. The molecule has 1 aromatic rings. The van der Waals surface area contributed by atoms with Gasteiger partial charge in [0.1, 0.15) is 0 Å². The number of hydrogen-bond donors (Lipinski definition) is 0. The molecule has 15 heavy (non-hydrogen) atoms. The van der Waals surface area contributed by atoms with Crippen molar-refractivity contribution in [3.8, 4) is 0 Å². The Balaban J connectivity index is 2.60. The fraction of sp³-hybridized carbons (Fsp3) is 0.214. The van der Waals surface area contributed by atoms with Crippen molar-refractivity contribution in [3.63, 3.8) is 0 Å². The Bertz CT molecular complexity index is 442. The predicted octanol–water partition coefficient (Wildman–Crippen LogP) is 3.12. The monoisotopic (exact) mass is 198 g/mol. The Kier molecular flexibility index (Phi) is 2.31. The molecule has 1 unspecified atom stereocenters. The number of carbonyl (C=O) groups is 1. The van der Waals surface area contributed by atoms with Crippen LogP contribution in [0.15, 0.2) is 43.0 Å². The van der Waals surface area contributed by atoms with Gasteiger partial charge in [0.15, 0.2) is 5.78 Å². The average molecular weight is 198 g/mol. The van der Waals surface area contributed by atoms with Crippen LogP contribution in [0, 0.1) is 0 Å². The fourth-order valence-corrected chi connectivity index (χ4v) is 2.13. The summed E-state index contributed by atoms with van der Waals surface area (Å²) < 4.78 is 0. The number of hydrogen-bond acceptors (Lipinski definition) is 1. The summed E-state index contributed by atoms with van der Waals surface area (Å²) in [6, 6.07) is 8.04. The van der Waals surface area contributed by atoms with Crippen LogP contribution in [0.3, 0.4) is 0 Å². The molecule has 0 amide bonds. The zero-order valence-electron chi connectivity index (χ0n) is 8.86. The van der Waals surface area contributed by atoms with Crippen molar-refractivity contribution in [3.05, 3.63) is 54.1 Å². The van der Waals surface area contributed by atoms with Crippen LogP contribution >= 0.6 is 0 Å². The molecule has 76 valence electrons. The van der Waals surface area contributed by atoms with Crippen molar-refractivity contribution in [1.29, 1.82) is 0 Å². The molecule has 0 heterocycles. The summed E-state index contributed by atoms with van der Waals surface area (Å²) in [6.07, 6.45) is 6.06. The second kappa shape index (κ2) is 3.50. The van der Waals surface area contributed by atoms with Crippen molar-refractivity contribution >= 4 is 11.9 Å². The molecule has 1 aromatic carbocycles. The maximum atomic E-state index is 11.9. The highest BCUT2D eigenvalue weighted by molar-refractivity contribution is 6.04. The predicted molar refractivity (Wildman–Crippen MR) is 62.6 cm³/mol. The lowest BCUT2D eigenvalue weighted by molar-refractivity contribution is -0.119. The number of ketones is 1. The Hall–Kier alpha value is -1.63.